The van der Waals surface area contributed by atoms with Gasteiger partial charge in [-0.15, -0.1) is 11.3 Å². The Morgan fingerprint density at radius 3 is 3.00 bits per heavy atom. The van der Waals surface area contributed by atoms with E-state index < -0.39 is 6.10 Å². The number of aromatic nitrogens is 3. The van der Waals surface area contributed by atoms with Crippen molar-refractivity contribution in [3.05, 3.63) is 33.5 Å². The van der Waals surface area contributed by atoms with Crippen LogP contribution in [0.15, 0.2) is 17.8 Å². The second kappa shape index (κ2) is 3.45. The molecule has 2 heterocycles. The molecule has 1 unspecified atom stereocenters. The molecule has 0 aliphatic heterocycles. The number of halogens is 1. The molecule has 0 aromatic carbocycles. The number of hydrogen-bond acceptors (Lipinski definition) is 4. The third kappa shape index (κ3) is 1.58. The van der Waals surface area contributed by atoms with E-state index in [9.17, 15) is 5.11 Å². The van der Waals surface area contributed by atoms with Gasteiger partial charge in [-0.2, -0.15) is 5.10 Å². The predicted octanol–water partition coefficient (Wildman–Crippen LogP) is 1.60. The van der Waals surface area contributed by atoms with Gasteiger partial charge in [0.2, 0.25) is 0 Å². The van der Waals surface area contributed by atoms with Crippen molar-refractivity contribution in [3.63, 3.8) is 0 Å². The monoisotopic (exact) mass is 215 g/mol. The Balaban J connectivity index is 2.33. The molecule has 2 rings (SSSR count). The quantitative estimate of drug-likeness (QED) is 0.800. The van der Waals surface area contributed by atoms with E-state index in [0.717, 1.165) is 0 Å². The number of aliphatic hydroxyl groups is 1. The summed E-state index contributed by atoms with van der Waals surface area (Å²) in [5.74, 6) is 0.407. The van der Waals surface area contributed by atoms with E-state index in [4.69, 9.17) is 11.6 Å². The van der Waals surface area contributed by atoms with Gasteiger partial charge in [-0.1, -0.05) is 11.6 Å². The fourth-order valence-corrected chi connectivity index (χ4v) is 2.12. The normalized spacial score (nSPS) is 13.1. The third-order valence-electron chi connectivity index (χ3n) is 1.59. The number of thiophene rings is 1. The van der Waals surface area contributed by atoms with E-state index in [1.54, 1.807) is 6.07 Å². The van der Waals surface area contributed by atoms with Crippen molar-refractivity contribution in [3.8, 4) is 0 Å². The Morgan fingerprint density at radius 1 is 1.62 bits per heavy atom. The lowest BCUT2D eigenvalue weighted by atomic mass is 10.3. The molecule has 0 bridgehead atoms. The van der Waals surface area contributed by atoms with Gasteiger partial charge < -0.3 is 5.11 Å². The summed E-state index contributed by atoms with van der Waals surface area (Å²) in [6.45, 7) is 0. The highest BCUT2D eigenvalue weighted by atomic mass is 35.5. The van der Waals surface area contributed by atoms with Crippen LogP contribution in [-0.2, 0) is 0 Å². The van der Waals surface area contributed by atoms with Crippen LogP contribution in [0.25, 0.3) is 0 Å². The molecule has 68 valence electrons. The Bertz CT molecular complexity index is 386. The summed E-state index contributed by atoms with van der Waals surface area (Å²) in [7, 11) is 0. The Kier molecular flexibility index (Phi) is 2.30. The van der Waals surface area contributed by atoms with Crippen molar-refractivity contribution in [1.29, 1.82) is 0 Å². The van der Waals surface area contributed by atoms with Crippen molar-refractivity contribution in [2.75, 3.05) is 0 Å². The van der Waals surface area contributed by atoms with Crippen LogP contribution < -0.4 is 0 Å². The van der Waals surface area contributed by atoms with Gasteiger partial charge >= 0.3 is 0 Å². The van der Waals surface area contributed by atoms with Gasteiger partial charge in [0.1, 0.15) is 12.4 Å². The van der Waals surface area contributed by atoms with E-state index in [2.05, 4.69) is 15.2 Å². The molecule has 0 radical (unpaired) electrons. The smallest absolute Gasteiger partial charge is 0.158 e. The minimum atomic E-state index is -0.810. The number of aromatic amines is 1. The largest absolute Gasteiger partial charge is 0.379 e. The molecule has 2 aromatic rings. The van der Waals surface area contributed by atoms with Crippen LogP contribution in [0.4, 0.5) is 0 Å². The number of aliphatic hydroxyl groups excluding tert-OH is 1. The zero-order chi connectivity index (χ0) is 9.26. The van der Waals surface area contributed by atoms with Crippen LogP contribution >= 0.6 is 22.9 Å². The zero-order valence-electron chi connectivity index (χ0n) is 6.44. The van der Waals surface area contributed by atoms with Crippen LogP contribution in [0.2, 0.25) is 5.02 Å². The second-order valence-electron chi connectivity index (χ2n) is 2.41. The SMILES string of the molecule is OC(c1ncn[nH]1)c1sccc1Cl. The van der Waals surface area contributed by atoms with Crippen LogP contribution in [0.3, 0.4) is 0 Å². The van der Waals surface area contributed by atoms with Gasteiger partial charge in [-0.3, -0.25) is 5.10 Å². The molecule has 0 aliphatic carbocycles. The van der Waals surface area contributed by atoms with Gasteiger partial charge in [-0.05, 0) is 11.4 Å². The van der Waals surface area contributed by atoms with Crippen molar-refractivity contribution >= 4 is 22.9 Å². The molecule has 0 spiro atoms. The van der Waals surface area contributed by atoms with Gasteiger partial charge in [-0.25, -0.2) is 4.98 Å². The van der Waals surface area contributed by atoms with E-state index in [0.29, 0.717) is 15.7 Å². The standard InChI is InChI=1S/C7H6ClN3OS/c8-4-1-2-13-6(4)5(12)7-9-3-10-11-7/h1-3,5,12H,(H,9,10,11). The van der Waals surface area contributed by atoms with Crippen molar-refractivity contribution in [1.82, 2.24) is 15.2 Å². The van der Waals surface area contributed by atoms with Crippen LogP contribution in [0.5, 0.6) is 0 Å². The van der Waals surface area contributed by atoms with E-state index in [-0.39, 0.29) is 0 Å². The summed E-state index contributed by atoms with van der Waals surface area (Å²) in [5.41, 5.74) is 0. The fourth-order valence-electron chi connectivity index (χ4n) is 0.971. The molecule has 0 saturated carbocycles. The van der Waals surface area contributed by atoms with E-state index in [1.165, 1.54) is 17.7 Å². The Hall–Kier alpha value is -0.910. The van der Waals surface area contributed by atoms with Gasteiger partial charge in [0.05, 0.1) is 9.90 Å². The molecule has 6 heteroatoms. The lowest BCUT2D eigenvalue weighted by Gasteiger charge is -2.04. The molecule has 2 N–H and O–H groups in total. The highest BCUT2D eigenvalue weighted by Crippen LogP contribution is 2.30. The molecule has 0 fully saturated rings. The summed E-state index contributed by atoms with van der Waals surface area (Å²) in [6.07, 6.45) is 0.537. The molecule has 4 nitrogen and oxygen atoms in total. The molecular weight excluding hydrogens is 210 g/mol. The molecule has 0 saturated heterocycles. The first-order chi connectivity index (χ1) is 6.29. The van der Waals surface area contributed by atoms with Crippen molar-refractivity contribution in [2.45, 2.75) is 6.10 Å². The summed E-state index contributed by atoms with van der Waals surface area (Å²) in [4.78, 5) is 4.52. The maximum atomic E-state index is 9.74. The second-order valence-corrected chi connectivity index (χ2v) is 3.76. The van der Waals surface area contributed by atoms with E-state index >= 15 is 0 Å². The summed E-state index contributed by atoms with van der Waals surface area (Å²) < 4.78 is 0. The minimum absolute atomic E-state index is 0.407. The number of hydrogen-bond donors (Lipinski definition) is 2. The number of nitrogens with one attached hydrogen (secondary N) is 1. The van der Waals surface area contributed by atoms with Crippen molar-refractivity contribution in [2.24, 2.45) is 0 Å². The Morgan fingerprint density at radius 2 is 2.46 bits per heavy atom. The topological polar surface area (TPSA) is 61.8 Å². The predicted molar refractivity (Wildman–Crippen MR) is 49.8 cm³/mol. The average molecular weight is 216 g/mol. The van der Waals surface area contributed by atoms with Crippen LogP contribution in [0.1, 0.15) is 16.8 Å². The number of nitrogens with zero attached hydrogens (tertiary/aromatic N) is 2. The first-order valence-corrected chi connectivity index (χ1v) is 4.81. The lowest BCUT2D eigenvalue weighted by molar-refractivity contribution is 0.214. The molecule has 2 aromatic heterocycles. The van der Waals surface area contributed by atoms with Crippen LogP contribution in [0, 0.1) is 0 Å². The highest BCUT2D eigenvalue weighted by molar-refractivity contribution is 7.10. The summed E-state index contributed by atoms with van der Waals surface area (Å²) >= 11 is 7.23. The highest BCUT2D eigenvalue weighted by Gasteiger charge is 2.17. The minimum Gasteiger partial charge on any atom is -0.379 e. The van der Waals surface area contributed by atoms with Gasteiger partial charge in [0.25, 0.3) is 0 Å². The fraction of sp³-hybridized carbons (Fsp3) is 0.143. The average Bonchev–Trinajstić information content (AvgIpc) is 2.72. The van der Waals surface area contributed by atoms with Gasteiger partial charge in [0, 0.05) is 0 Å². The first-order valence-electron chi connectivity index (χ1n) is 3.55. The third-order valence-corrected chi connectivity index (χ3v) is 3.00. The molecular formula is C7H6ClN3OS. The van der Waals surface area contributed by atoms with E-state index in [1.807, 2.05) is 5.38 Å². The maximum absolute atomic E-state index is 9.74. The Labute approximate surface area is 83.2 Å². The molecule has 0 amide bonds. The van der Waals surface area contributed by atoms with Gasteiger partial charge in [0.15, 0.2) is 5.82 Å². The van der Waals surface area contributed by atoms with Crippen molar-refractivity contribution < 1.29 is 5.11 Å². The molecule has 13 heavy (non-hydrogen) atoms. The lowest BCUT2D eigenvalue weighted by Crippen LogP contribution is -2.00. The summed E-state index contributed by atoms with van der Waals surface area (Å²) in [5, 5.41) is 18.3. The maximum Gasteiger partial charge on any atom is 0.158 e. The first kappa shape index (κ1) is 8.68. The number of rotatable bonds is 2. The summed E-state index contributed by atoms with van der Waals surface area (Å²) in [6, 6.07) is 1.74. The number of H-pyrrole nitrogens is 1. The molecule has 0 aliphatic rings. The zero-order valence-corrected chi connectivity index (χ0v) is 8.01. The molecule has 1 atom stereocenters. The van der Waals surface area contributed by atoms with Crippen LogP contribution in [-0.4, -0.2) is 20.3 Å².